The summed E-state index contributed by atoms with van der Waals surface area (Å²) in [6, 6.07) is 2.22. The summed E-state index contributed by atoms with van der Waals surface area (Å²) >= 11 is 1.29. The molecular formula is C12H18N2O3S. The molecule has 0 spiro atoms. The number of amides is 1. The molecule has 2 N–H and O–H groups in total. The van der Waals surface area contributed by atoms with Crippen molar-refractivity contribution < 1.29 is 14.7 Å². The Morgan fingerprint density at radius 2 is 2.00 bits per heavy atom. The van der Waals surface area contributed by atoms with Crippen molar-refractivity contribution in [3.8, 4) is 6.07 Å². The third kappa shape index (κ3) is 4.96. The summed E-state index contributed by atoms with van der Waals surface area (Å²) in [5.41, 5.74) is -0.692. The number of hydrogen-bond donors (Lipinski definition) is 2. The van der Waals surface area contributed by atoms with Crippen LogP contribution < -0.4 is 5.32 Å². The van der Waals surface area contributed by atoms with Gasteiger partial charge in [-0.2, -0.15) is 17.0 Å². The Balaban J connectivity index is 2.29. The number of thioether (sulfide) groups is 1. The Hall–Kier alpha value is -1.22. The van der Waals surface area contributed by atoms with E-state index >= 15 is 0 Å². The minimum absolute atomic E-state index is 0.0569. The number of carboxylic acid groups (broad SMARTS) is 1. The van der Waals surface area contributed by atoms with E-state index in [2.05, 4.69) is 11.4 Å². The highest BCUT2D eigenvalue weighted by Crippen LogP contribution is 2.27. The van der Waals surface area contributed by atoms with Gasteiger partial charge in [-0.1, -0.05) is 19.3 Å². The van der Waals surface area contributed by atoms with E-state index in [4.69, 9.17) is 5.11 Å². The Labute approximate surface area is 111 Å². The van der Waals surface area contributed by atoms with Crippen LogP contribution in [0.25, 0.3) is 0 Å². The first-order valence-electron chi connectivity index (χ1n) is 6.10. The lowest BCUT2D eigenvalue weighted by atomic mass is 9.83. The predicted molar refractivity (Wildman–Crippen MR) is 69.1 cm³/mol. The number of nitriles is 1. The molecule has 0 saturated heterocycles. The molecule has 0 atom stereocenters. The zero-order chi connectivity index (χ0) is 13.4. The van der Waals surface area contributed by atoms with Crippen LogP contribution in [0.4, 0.5) is 0 Å². The SMILES string of the molecule is N#CC1(NC(=O)CSCCC(=O)O)CCCCC1. The van der Waals surface area contributed by atoms with Crippen LogP contribution in [0, 0.1) is 11.3 Å². The molecular weight excluding hydrogens is 252 g/mol. The van der Waals surface area contributed by atoms with Gasteiger partial charge in [0.1, 0.15) is 5.54 Å². The molecule has 5 nitrogen and oxygen atoms in total. The summed E-state index contributed by atoms with van der Waals surface area (Å²) < 4.78 is 0. The van der Waals surface area contributed by atoms with E-state index < -0.39 is 11.5 Å². The van der Waals surface area contributed by atoms with Gasteiger partial charge < -0.3 is 10.4 Å². The highest BCUT2D eigenvalue weighted by atomic mass is 32.2. The zero-order valence-corrected chi connectivity index (χ0v) is 11.1. The third-order valence-corrected chi connectivity index (χ3v) is 3.95. The van der Waals surface area contributed by atoms with Gasteiger partial charge in [0.25, 0.3) is 0 Å². The number of nitrogens with one attached hydrogen (secondary N) is 1. The second-order valence-electron chi connectivity index (χ2n) is 4.50. The topological polar surface area (TPSA) is 90.2 Å². The van der Waals surface area contributed by atoms with E-state index in [-0.39, 0.29) is 18.1 Å². The fourth-order valence-corrected chi connectivity index (χ4v) is 2.77. The molecule has 0 bridgehead atoms. The van der Waals surface area contributed by atoms with Crippen LogP contribution in [0.2, 0.25) is 0 Å². The molecule has 0 aromatic rings. The lowest BCUT2D eigenvalue weighted by molar-refractivity contribution is -0.136. The average Bonchev–Trinajstić information content (AvgIpc) is 2.35. The van der Waals surface area contributed by atoms with Crippen molar-refractivity contribution in [2.75, 3.05) is 11.5 Å². The van der Waals surface area contributed by atoms with Crippen LogP contribution in [0.1, 0.15) is 38.5 Å². The van der Waals surface area contributed by atoms with Crippen molar-refractivity contribution in [1.29, 1.82) is 5.26 Å². The highest BCUT2D eigenvalue weighted by Gasteiger charge is 2.33. The van der Waals surface area contributed by atoms with Gasteiger partial charge in [0, 0.05) is 5.75 Å². The summed E-state index contributed by atoms with van der Waals surface area (Å²) in [7, 11) is 0. The van der Waals surface area contributed by atoms with Gasteiger partial charge in [0.2, 0.25) is 5.91 Å². The van der Waals surface area contributed by atoms with Crippen LogP contribution in [-0.2, 0) is 9.59 Å². The summed E-state index contributed by atoms with van der Waals surface area (Å²) in [5, 5.41) is 20.4. The lowest BCUT2D eigenvalue weighted by Crippen LogP contribution is -2.49. The normalized spacial score (nSPS) is 17.7. The molecule has 0 heterocycles. The number of nitrogens with zero attached hydrogens (tertiary/aromatic N) is 1. The van der Waals surface area contributed by atoms with Crippen molar-refractivity contribution >= 4 is 23.6 Å². The van der Waals surface area contributed by atoms with Crippen molar-refractivity contribution in [3.63, 3.8) is 0 Å². The summed E-state index contributed by atoms with van der Waals surface area (Å²) in [6.45, 7) is 0. The van der Waals surface area contributed by atoms with E-state index in [0.29, 0.717) is 5.75 Å². The molecule has 0 radical (unpaired) electrons. The van der Waals surface area contributed by atoms with Crippen molar-refractivity contribution in [1.82, 2.24) is 5.32 Å². The maximum absolute atomic E-state index is 11.7. The minimum Gasteiger partial charge on any atom is -0.481 e. The number of hydrogen-bond acceptors (Lipinski definition) is 4. The van der Waals surface area contributed by atoms with Gasteiger partial charge >= 0.3 is 5.97 Å². The van der Waals surface area contributed by atoms with E-state index in [1.54, 1.807) is 0 Å². The molecule has 1 aliphatic rings. The zero-order valence-electron chi connectivity index (χ0n) is 10.3. The van der Waals surface area contributed by atoms with Gasteiger partial charge in [-0.25, -0.2) is 0 Å². The molecule has 1 rings (SSSR count). The smallest absolute Gasteiger partial charge is 0.304 e. The second-order valence-corrected chi connectivity index (χ2v) is 5.60. The number of carboxylic acids is 1. The molecule has 0 unspecified atom stereocenters. The monoisotopic (exact) mass is 270 g/mol. The summed E-state index contributed by atoms with van der Waals surface area (Å²) in [5.74, 6) is -0.392. The fourth-order valence-electron chi connectivity index (χ4n) is 2.05. The number of carbonyl (C=O) groups excluding carboxylic acids is 1. The van der Waals surface area contributed by atoms with Gasteiger partial charge in [0.15, 0.2) is 0 Å². The van der Waals surface area contributed by atoms with Gasteiger partial charge in [-0.05, 0) is 12.8 Å². The van der Waals surface area contributed by atoms with E-state index in [1.165, 1.54) is 11.8 Å². The van der Waals surface area contributed by atoms with Crippen LogP contribution in [0.3, 0.4) is 0 Å². The maximum atomic E-state index is 11.7. The summed E-state index contributed by atoms with van der Waals surface area (Å²) in [6.07, 6.45) is 4.55. The molecule has 18 heavy (non-hydrogen) atoms. The van der Waals surface area contributed by atoms with E-state index in [1.807, 2.05) is 0 Å². The van der Waals surface area contributed by atoms with Crippen molar-refractivity contribution in [2.45, 2.75) is 44.1 Å². The quantitative estimate of drug-likeness (QED) is 0.714. The van der Waals surface area contributed by atoms with E-state index in [0.717, 1.165) is 32.1 Å². The van der Waals surface area contributed by atoms with Crippen LogP contribution in [-0.4, -0.2) is 34.0 Å². The maximum Gasteiger partial charge on any atom is 0.304 e. The van der Waals surface area contributed by atoms with Crippen LogP contribution in [0.15, 0.2) is 0 Å². The molecule has 0 aromatic carbocycles. The number of aliphatic carboxylic acids is 1. The average molecular weight is 270 g/mol. The van der Waals surface area contributed by atoms with E-state index in [9.17, 15) is 14.9 Å². The molecule has 1 amide bonds. The Kier molecular flexibility index (Phi) is 5.99. The molecule has 1 saturated carbocycles. The minimum atomic E-state index is -0.858. The Morgan fingerprint density at radius 3 is 2.56 bits per heavy atom. The van der Waals surface area contributed by atoms with Gasteiger partial charge in [-0.3, -0.25) is 9.59 Å². The number of carbonyl (C=O) groups is 2. The van der Waals surface area contributed by atoms with Gasteiger partial charge in [-0.15, -0.1) is 0 Å². The summed E-state index contributed by atoms with van der Waals surface area (Å²) in [4.78, 5) is 22.0. The first kappa shape index (κ1) is 14.8. The van der Waals surface area contributed by atoms with Gasteiger partial charge in [0.05, 0.1) is 18.2 Å². The van der Waals surface area contributed by atoms with Crippen molar-refractivity contribution in [3.05, 3.63) is 0 Å². The molecule has 6 heteroatoms. The molecule has 0 aromatic heterocycles. The van der Waals surface area contributed by atoms with Crippen LogP contribution >= 0.6 is 11.8 Å². The Morgan fingerprint density at radius 1 is 1.33 bits per heavy atom. The molecule has 1 fully saturated rings. The lowest BCUT2D eigenvalue weighted by Gasteiger charge is -2.31. The highest BCUT2D eigenvalue weighted by molar-refractivity contribution is 7.99. The Bertz CT molecular complexity index is 346. The molecule has 1 aliphatic carbocycles. The third-order valence-electron chi connectivity index (χ3n) is 2.99. The predicted octanol–water partition coefficient (Wildman–Crippen LogP) is 1.54. The fraction of sp³-hybridized carbons (Fsp3) is 0.750. The second kappa shape index (κ2) is 7.27. The molecule has 0 aliphatic heterocycles. The molecule has 100 valence electrons. The number of rotatable bonds is 6. The first-order valence-corrected chi connectivity index (χ1v) is 7.25. The van der Waals surface area contributed by atoms with Crippen LogP contribution in [0.5, 0.6) is 0 Å². The standard InChI is InChI=1S/C12H18N2O3S/c13-9-12(5-2-1-3-6-12)14-10(15)8-18-7-4-11(16)17/h1-8H2,(H,14,15)(H,16,17). The first-order chi connectivity index (χ1) is 8.58. The van der Waals surface area contributed by atoms with Crippen molar-refractivity contribution in [2.24, 2.45) is 0 Å². The largest absolute Gasteiger partial charge is 0.481 e.